The molecule has 1 aliphatic heterocycles. The SMILES string of the molecule is CCC(C)N(C)CCN1C(=O)C=CC1=O. The predicted molar refractivity (Wildman–Crippen MR) is 58.2 cm³/mol. The standard InChI is InChI=1S/C11H18N2O2/c1-4-9(2)12(3)7-8-13-10(14)5-6-11(13)15/h5-6,9H,4,7-8H2,1-3H3. The van der Waals surface area contributed by atoms with E-state index in [0.29, 0.717) is 12.6 Å². The molecule has 2 amide bonds. The molecule has 0 bridgehead atoms. The summed E-state index contributed by atoms with van der Waals surface area (Å²) in [7, 11) is 2.01. The first-order valence-electron chi connectivity index (χ1n) is 5.30. The van der Waals surface area contributed by atoms with Crippen molar-refractivity contribution in [2.75, 3.05) is 20.1 Å². The van der Waals surface area contributed by atoms with Gasteiger partial charge in [0.15, 0.2) is 0 Å². The van der Waals surface area contributed by atoms with Gasteiger partial charge in [-0.25, -0.2) is 0 Å². The van der Waals surface area contributed by atoms with Crippen molar-refractivity contribution in [3.63, 3.8) is 0 Å². The highest BCUT2D eigenvalue weighted by Gasteiger charge is 2.23. The zero-order valence-electron chi connectivity index (χ0n) is 9.56. The highest BCUT2D eigenvalue weighted by molar-refractivity contribution is 6.12. The van der Waals surface area contributed by atoms with Crippen LogP contribution in [-0.4, -0.2) is 47.8 Å². The maximum Gasteiger partial charge on any atom is 0.253 e. The van der Waals surface area contributed by atoms with Crippen molar-refractivity contribution in [2.24, 2.45) is 0 Å². The lowest BCUT2D eigenvalue weighted by molar-refractivity contribution is -0.137. The van der Waals surface area contributed by atoms with E-state index in [1.165, 1.54) is 17.1 Å². The summed E-state index contributed by atoms with van der Waals surface area (Å²) in [6.45, 7) is 5.46. The molecular weight excluding hydrogens is 192 g/mol. The lowest BCUT2D eigenvalue weighted by atomic mass is 10.2. The second kappa shape index (κ2) is 5.07. The van der Waals surface area contributed by atoms with E-state index in [1.54, 1.807) is 0 Å². The van der Waals surface area contributed by atoms with Gasteiger partial charge in [0.05, 0.1) is 0 Å². The molecule has 0 radical (unpaired) electrons. The Morgan fingerprint density at radius 3 is 2.33 bits per heavy atom. The summed E-state index contributed by atoms with van der Waals surface area (Å²) < 4.78 is 0. The number of carbonyl (C=O) groups is 2. The van der Waals surface area contributed by atoms with Crippen LogP contribution < -0.4 is 0 Å². The molecule has 0 saturated heterocycles. The molecule has 84 valence electrons. The number of amides is 2. The van der Waals surface area contributed by atoms with Crippen LogP contribution in [0.15, 0.2) is 12.2 Å². The van der Waals surface area contributed by atoms with Gasteiger partial charge in [0, 0.05) is 31.3 Å². The summed E-state index contributed by atoms with van der Waals surface area (Å²) in [5.74, 6) is -0.393. The van der Waals surface area contributed by atoms with Crippen LogP contribution >= 0.6 is 0 Å². The number of carbonyl (C=O) groups excluding carboxylic acids is 2. The third-order valence-electron chi connectivity index (χ3n) is 2.92. The number of hydrogen-bond donors (Lipinski definition) is 0. The lowest BCUT2D eigenvalue weighted by Gasteiger charge is -2.25. The van der Waals surface area contributed by atoms with Gasteiger partial charge in [-0.2, -0.15) is 0 Å². The molecule has 4 nitrogen and oxygen atoms in total. The molecule has 1 atom stereocenters. The van der Waals surface area contributed by atoms with Crippen LogP contribution in [0.5, 0.6) is 0 Å². The van der Waals surface area contributed by atoms with Crippen LogP contribution in [0.2, 0.25) is 0 Å². The predicted octanol–water partition coefficient (Wildman–Crippen LogP) is 0.642. The van der Waals surface area contributed by atoms with Crippen LogP contribution in [0.4, 0.5) is 0 Å². The zero-order valence-corrected chi connectivity index (χ0v) is 9.56. The summed E-state index contributed by atoms with van der Waals surface area (Å²) in [5.41, 5.74) is 0. The maximum atomic E-state index is 11.2. The molecular formula is C11H18N2O2. The first-order chi connectivity index (χ1) is 7.06. The molecule has 1 unspecified atom stereocenters. The molecule has 4 heteroatoms. The van der Waals surface area contributed by atoms with Crippen molar-refractivity contribution in [3.05, 3.63) is 12.2 Å². The first-order valence-corrected chi connectivity index (χ1v) is 5.30. The molecule has 0 saturated carbocycles. The highest BCUT2D eigenvalue weighted by Crippen LogP contribution is 2.05. The zero-order chi connectivity index (χ0) is 11.4. The summed E-state index contributed by atoms with van der Waals surface area (Å²) in [6.07, 6.45) is 3.72. The fourth-order valence-electron chi connectivity index (χ4n) is 1.44. The number of imide groups is 1. The Bertz CT molecular complexity index is 268. The topological polar surface area (TPSA) is 40.6 Å². The van der Waals surface area contributed by atoms with Crippen LogP contribution in [0.25, 0.3) is 0 Å². The van der Waals surface area contributed by atoms with Crippen LogP contribution in [0.3, 0.4) is 0 Å². The van der Waals surface area contributed by atoms with E-state index >= 15 is 0 Å². The second-order valence-electron chi connectivity index (χ2n) is 3.90. The van der Waals surface area contributed by atoms with Gasteiger partial charge in [0.1, 0.15) is 0 Å². The second-order valence-corrected chi connectivity index (χ2v) is 3.90. The molecule has 1 aliphatic rings. The monoisotopic (exact) mass is 210 g/mol. The van der Waals surface area contributed by atoms with E-state index in [9.17, 15) is 9.59 Å². The highest BCUT2D eigenvalue weighted by atomic mass is 16.2. The summed E-state index contributed by atoms with van der Waals surface area (Å²) in [4.78, 5) is 25.9. The Balaban J connectivity index is 2.37. The fraction of sp³-hybridized carbons (Fsp3) is 0.636. The van der Waals surface area contributed by atoms with Gasteiger partial charge in [-0.15, -0.1) is 0 Å². The Kier molecular flexibility index (Phi) is 4.03. The Labute approximate surface area is 90.5 Å². The van der Waals surface area contributed by atoms with Gasteiger partial charge < -0.3 is 4.90 Å². The quantitative estimate of drug-likeness (QED) is 0.625. The molecule has 0 aromatic rings. The average molecular weight is 210 g/mol. The maximum absolute atomic E-state index is 11.2. The molecule has 0 fully saturated rings. The minimum absolute atomic E-state index is 0.197. The molecule has 0 aromatic heterocycles. The van der Waals surface area contributed by atoms with Crippen LogP contribution in [0, 0.1) is 0 Å². The molecule has 1 rings (SSSR count). The van der Waals surface area contributed by atoms with Crippen molar-refractivity contribution in [1.82, 2.24) is 9.80 Å². The Hall–Kier alpha value is -1.16. The normalized spacial score (nSPS) is 18.0. The molecule has 0 aliphatic carbocycles. The third-order valence-corrected chi connectivity index (χ3v) is 2.92. The van der Waals surface area contributed by atoms with Gasteiger partial charge in [-0.1, -0.05) is 6.92 Å². The first kappa shape index (κ1) is 11.9. The smallest absolute Gasteiger partial charge is 0.253 e. The van der Waals surface area contributed by atoms with E-state index in [4.69, 9.17) is 0 Å². The minimum Gasteiger partial charge on any atom is -0.302 e. The number of likely N-dealkylation sites (N-methyl/N-ethyl adjacent to an activating group) is 1. The van der Waals surface area contributed by atoms with Crippen molar-refractivity contribution in [2.45, 2.75) is 26.3 Å². The van der Waals surface area contributed by atoms with E-state index in [-0.39, 0.29) is 11.8 Å². The van der Waals surface area contributed by atoms with Crippen molar-refractivity contribution in [1.29, 1.82) is 0 Å². The molecule has 0 spiro atoms. The minimum atomic E-state index is -0.197. The number of nitrogens with zero attached hydrogens (tertiary/aromatic N) is 2. The molecule has 1 heterocycles. The largest absolute Gasteiger partial charge is 0.302 e. The molecule has 15 heavy (non-hydrogen) atoms. The van der Waals surface area contributed by atoms with E-state index in [2.05, 4.69) is 18.7 Å². The van der Waals surface area contributed by atoms with Crippen molar-refractivity contribution >= 4 is 11.8 Å². The van der Waals surface area contributed by atoms with Crippen molar-refractivity contribution < 1.29 is 9.59 Å². The van der Waals surface area contributed by atoms with Gasteiger partial charge in [0.2, 0.25) is 0 Å². The lowest BCUT2D eigenvalue weighted by Crippen LogP contribution is -2.39. The number of hydrogen-bond acceptors (Lipinski definition) is 3. The van der Waals surface area contributed by atoms with Gasteiger partial charge >= 0.3 is 0 Å². The van der Waals surface area contributed by atoms with E-state index in [1.807, 2.05) is 7.05 Å². The average Bonchev–Trinajstić information content (AvgIpc) is 2.54. The summed E-state index contributed by atoms with van der Waals surface area (Å²) >= 11 is 0. The van der Waals surface area contributed by atoms with Gasteiger partial charge in [0.25, 0.3) is 11.8 Å². The molecule has 0 aromatic carbocycles. The van der Waals surface area contributed by atoms with Crippen LogP contribution in [-0.2, 0) is 9.59 Å². The summed E-state index contributed by atoms with van der Waals surface area (Å²) in [6, 6.07) is 0.478. The van der Waals surface area contributed by atoms with E-state index < -0.39 is 0 Å². The third kappa shape index (κ3) is 2.89. The molecule has 0 N–H and O–H groups in total. The number of rotatable bonds is 5. The Morgan fingerprint density at radius 2 is 1.87 bits per heavy atom. The fourth-order valence-corrected chi connectivity index (χ4v) is 1.44. The summed E-state index contributed by atoms with van der Waals surface area (Å²) in [5, 5.41) is 0. The van der Waals surface area contributed by atoms with Gasteiger partial charge in [-0.3, -0.25) is 14.5 Å². The van der Waals surface area contributed by atoms with Gasteiger partial charge in [-0.05, 0) is 20.4 Å². The van der Waals surface area contributed by atoms with Crippen molar-refractivity contribution in [3.8, 4) is 0 Å². The van der Waals surface area contributed by atoms with Crippen LogP contribution in [0.1, 0.15) is 20.3 Å². The Morgan fingerprint density at radius 1 is 1.33 bits per heavy atom. The van der Waals surface area contributed by atoms with E-state index in [0.717, 1.165) is 13.0 Å².